The monoisotopic (exact) mass is 396 g/mol. The quantitative estimate of drug-likeness (QED) is 0.322. The summed E-state index contributed by atoms with van der Waals surface area (Å²) >= 11 is 0. The first kappa shape index (κ1) is 19.9. The lowest BCUT2D eigenvalue weighted by Crippen LogP contribution is -2.03. The maximum absolute atomic E-state index is 13.6. The van der Waals surface area contributed by atoms with Crippen LogP contribution < -0.4 is 4.74 Å². The Balaban J connectivity index is 1.85. The molecule has 0 spiro atoms. The predicted octanol–water partition coefficient (Wildman–Crippen LogP) is 7.86. The lowest BCUT2D eigenvalue weighted by Gasteiger charge is -2.21. The Bertz CT molecular complexity index is 1100. The van der Waals surface area contributed by atoms with Crippen LogP contribution in [0, 0.1) is 5.82 Å². The molecule has 0 aliphatic carbocycles. The van der Waals surface area contributed by atoms with E-state index in [1.165, 1.54) is 12.1 Å². The topological polar surface area (TPSA) is 9.23 Å². The van der Waals surface area contributed by atoms with E-state index in [4.69, 9.17) is 4.74 Å². The highest BCUT2D eigenvalue weighted by Crippen LogP contribution is 2.41. The van der Waals surface area contributed by atoms with Gasteiger partial charge in [0.1, 0.15) is 18.2 Å². The average Bonchev–Trinajstić information content (AvgIpc) is 2.79. The standard InChI is InChI=1S/C28H25FO/c1-20(2)26-17-24(22-11-7-4-8-12-22)18-27(23-13-15-25(29)16-14-23)28(26)30-19-21-9-5-3-6-10-21/h3-18,20H,19H2,1-2H3. The molecular weight excluding hydrogens is 371 g/mol. The smallest absolute Gasteiger partial charge is 0.131 e. The van der Waals surface area contributed by atoms with Gasteiger partial charge in [0.2, 0.25) is 0 Å². The zero-order valence-corrected chi connectivity index (χ0v) is 17.3. The van der Waals surface area contributed by atoms with E-state index in [9.17, 15) is 4.39 Å². The van der Waals surface area contributed by atoms with E-state index < -0.39 is 0 Å². The van der Waals surface area contributed by atoms with Crippen molar-refractivity contribution in [2.24, 2.45) is 0 Å². The summed E-state index contributed by atoms with van der Waals surface area (Å²) in [5.74, 6) is 0.896. The summed E-state index contributed by atoms with van der Waals surface area (Å²) in [6, 6.07) is 31.5. The van der Waals surface area contributed by atoms with Gasteiger partial charge in [0.05, 0.1) is 0 Å². The van der Waals surface area contributed by atoms with Gasteiger partial charge in [-0.05, 0) is 58.0 Å². The molecule has 150 valence electrons. The summed E-state index contributed by atoms with van der Waals surface area (Å²) < 4.78 is 20.0. The number of hydrogen-bond acceptors (Lipinski definition) is 1. The fourth-order valence-corrected chi connectivity index (χ4v) is 3.61. The highest BCUT2D eigenvalue weighted by molar-refractivity contribution is 5.80. The minimum atomic E-state index is -0.242. The molecule has 0 bridgehead atoms. The van der Waals surface area contributed by atoms with Crippen molar-refractivity contribution in [3.05, 3.63) is 114 Å². The molecule has 0 unspecified atom stereocenters. The molecule has 1 nitrogen and oxygen atoms in total. The van der Waals surface area contributed by atoms with Crippen LogP contribution in [0.3, 0.4) is 0 Å². The second-order valence-electron chi connectivity index (χ2n) is 7.74. The normalized spacial score (nSPS) is 10.9. The van der Waals surface area contributed by atoms with Crippen LogP contribution >= 0.6 is 0 Å². The first-order valence-corrected chi connectivity index (χ1v) is 10.3. The van der Waals surface area contributed by atoms with Gasteiger partial charge in [-0.25, -0.2) is 4.39 Å². The first-order chi connectivity index (χ1) is 14.6. The molecule has 0 amide bonds. The van der Waals surface area contributed by atoms with Gasteiger partial charge >= 0.3 is 0 Å². The van der Waals surface area contributed by atoms with E-state index in [1.807, 2.05) is 48.5 Å². The average molecular weight is 397 g/mol. The SMILES string of the molecule is CC(C)c1cc(-c2ccccc2)cc(-c2ccc(F)cc2)c1OCc1ccccc1. The summed E-state index contributed by atoms with van der Waals surface area (Å²) in [6.07, 6.45) is 0. The Kier molecular flexibility index (Phi) is 5.94. The fourth-order valence-electron chi connectivity index (χ4n) is 3.61. The largest absolute Gasteiger partial charge is 0.488 e. The minimum Gasteiger partial charge on any atom is -0.488 e. The Morgan fingerprint density at radius 3 is 1.97 bits per heavy atom. The van der Waals surface area contributed by atoms with Gasteiger partial charge in [0, 0.05) is 5.56 Å². The lowest BCUT2D eigenvalue weighted by molar-refractivity contribution is 0.303. The molecule has 0 atom stereocenters. The Labute approximate surface area is 177 Å². The molecule has 0 aliphatic rings. The molecule has 0 saturated carbocycles. The van der Waals surface area contributed by atoms with Crippen molar-refractivity contribution < 1.29 is 9.13 Å². The molecule has 0 radical (unpaired) electrons. The van der Waals surface area contributed by atoms with E-state index in [1.54, 1.807) is 0 Å². The highest BCUT2D eigenvalue weighted by atomic mass is 19.1. The van der Waals surface area contributed by atoms with Crippen molar-refractivity contribution in [2.45, 2.75) is 26.4 Å². The number of rotatable bonds is 6. The van der Waals surface area contributed by atoms with Crippen LogP contribution in [0.5, 0.6) is 5.75 Å². The molecule has 4 aromatic rings. The number of benzene rings is 4. The third kappa shape index (κ3) is 4.44. The van der Waals surface area contributed by atoms with Crippen molar-refractivity contribution in [2.75, 3.05) is 0 Å². The molecule has 4 aromatic carbocycles. The van der Waals surface area contributed by atoms with Gasteiger partial charge in [-0.2, -0.15) is 0 Å². The number of halogens is 1. The van der Waals surface area contributed by atoms with Crippen LogP contribution in [0.15, 0.2) is 97.1 Å². The maximum atomic E-state index is 13.6. The van der Waals surface area contributed by atoms with Crippen LogP contribution in [-0.4, -0.2) is 0 Å². The lowest BCUT2D eigenvalue weighted by atomic mass is 9.90. The molecule has 0 aliphatic heterocycles. The van der Waals surface area contributed by atoms with E-state index in [-0.39, 0.29) is 11.7 Å². The summed E-state index contributed by atoms with van der Waals surface area (Å²) in [5, 5.41) is 0. The second-order valence-corrected chi connectivity index (χ2v) is 7.74. The Morgan fingerprint density at radius 1 is 0.700 bits per heavy atom. The summed E-state index contributed by atoms with van der Waals surface area (Å²) in [7, 11) is 0. The number of hydrogen-bond donors (Lipinski definition) is 0. The molecule has 2 heteroatoms. The third-order valence-electron chi connectivity index (χ3n) is 5.23. The molecular formula is C28H25FO. The van der Waals surface area contributed by atoms with E-state index in [0.29, 0.717) is 6.61 Å². The zero-order chi connectivity index (χ0) is 20.9. The van der Waals surface area contributed by atoms with Crippen LogP contribution in [0.4, 0.5) is 4.39 Å². The van der Waals surface area contributed by atoms with Gasteiger partial charge < -0.3 is 4.74 Å². The van der Waals surface area contributed by atoms with Crippen LogP contribution in [-0.2, 0) is 6.61 Å². The van der Waals surface area contributed by atoms with Gasteiger partial charge in [0.15, 0.2) is 0 Å². The van der Waals surface area contributed by atoms with Gasteiger partial charge in [-0.1, -0.05) is 86.6 Å². The molecule has 4 rings (SSSR count). The fraction of sp³-hybridized carbons (Fsp3) is 0.143. The molecule has 0 fully saturated rings. The second kappa shape index (κ2) is 8.96. The molecule has 0 aromatic heterocycles. The molecule has 0 saturated heterocycles. The van der Waals surface area contributed by atoms with Crippen molar-refractivity contribution in [1.82, 2.24) is 0 Å². The van der Waals surface area contributed by atoms with Gasteiger partial charge in [-0.15, -0.1) is 0 Å². The van der Waals surface area contributed by atoms with Crippen LogP contribution in [0.1, 0.15) is 30.9 Å². The summed E-state index contributed by atoms with van der Waals surface area (Å²) in [5.41, 5.74) is 6.47. The summed E-state index contributed by atoms with van der Waals surface area (Å²) in [6.45, 7) is 4.83. The first-order valence-electron chi connectivity index (χ1n) is 10.3. The minimum absolute atomic E-state index is 0.242. The Hall–Kier alpha value is -3.39. The van der Waals surface area contributed by atoms with Crippen LogP contribution in [0.25, 0.3) is 22.3 Å². The van der Waals surface area contributed by atoms with Crippen molar-refractivity contribution in [3.8, 4) is 28.0 Å². The molecule has 30 heavy (non-hydrogen) atoms. The van der Waals surface area contributed by atoms with E-state index in [2.05, 4.69) is 50.2 Å². The zero-order valence-electron chi connectivity index (χ0n) is 17.3. The third-order valence-corrected chi connectivity index (χ3v) is 5.23. The van der Waals surface area contributed by atoms with Crippen molar-refractivity contribution >= 4 is 0 Å². The predicted molar refractivity (Wildman–Crippen MR) is 122 cm³/mol. The van der Waals surface area contributed by atoms with Crippen molar-refractivity contribution in [1.29, 1.82) is 0 Å². The van der Waals surface area contributed by atoms with Gasteiger partial charge in [0.25, 0.3) is 0 Å². The Morgan fingerprint density at radius 2 is 1.33 bits per heavy atom. The van der Waals surface area contributed by atoms with E-state index in [0.717, 1.165) is 39.1 Å². The number of ether oxygens (including phenoxy) is 1. The maximum Gasteiger partial charge on any atom is 0.131 e. The van der Waals surface area contributed by atoms with Crippen molar-refractivity contribution in [3.63, 3.8) is 0 Å². The molecule has 0 N–H and O–H groups in total. The van der Waals surface area contributed by atoms with Gasteiger partial charge in [-0.3, -0.25) is 0 Å². The van der Waals surface area contributed by atoms with Crippen LogP contribution in [0.2, 0.25) is 0 Å². The molecule has 0 heterocycles. The highest BCUT2D eigenvalue weighted by Gasteiger charge is 2.17. The summed E-state index contributed by atoms with van der Waals surface area (Å²) in [4.78, 5) is 0. The van der Waals surface area contributed by atoms with E-state index >= 15 is 0 Å².